The average molecular weight is 306 g/mol. The monoisotopic (exact) mass is 306 g/mol. The summed E-state index contributed by atoms with van der Waals surface area (Å²) < 4.78 is 7.70. The molecular weight excluding hydrogens is 288 g/mol. The summed E-state index contributed by atoms with van der Waals surface area (Å²) in [4.78, 5) is 16.4. The van der Waals surface area contributed by atoms with E-state index in [0.717, 1.165) is 17.3 Å². The zero-order valence-electron chi connectivity index (χ0n) is 13.0. The number of benzene rings is 2. The summed E-state index contributed by atoms with van der Waals surface area (Å²) in [5.41, 5.74) is 0.697. The number of para-hydroxylation sites is 1. The second kappa shape index (κ2) is 6.92. The van der Waals surface area contributed by atoms with Crippen LogP contribution in [0.25, 0.3) is 0 Å². The summed E-state index contributed by atoms with van der Waals surface area (Å²) in [6.07, 6.45) is 4.09. The molecule has 0 fully saturated rings. The van der Waals surface area contributed by atoms with Gasteiger partial charge in [-0.25, -0.2) is 4.98 Å². The number of aromatic nitrogens is 2. The molecule has 116 valence electrons. The van der Waals surface area contributed by atoms with Gasteiger partial charge in [0.1, 0.15) is 17.3 Å². The molecule has 2 aromatic carbocycles. The average Bonchev–Trinajstić information content (AvgIpc) is 2.99. The summed E-state index contributed by atoms with van der Waals surface area (Å²) >= 11 is 0. The minimum absolute atomic E-state index is 0.115. The molecule has 0 atom stereocenters. The van der Waals surface area contributed by atoms with Crippen molar-refractivity contribution < 1.29 is 9.53 Å². The van der Waals surface area contributed by atoms with E-state index in [1.54, 1.807) is 18.3 Å². The van der Waals surface area contributed by atoms with Crippen LogP contribution >= 0.6 is 0 Å². The van der Waals surface area contributed by atoms with Crippen LogP contribution in [0.15, 0.2) is 67.0 Å². The maximum Gasteiger partial charge on any atom is 0.164 e. The number of ketones is 1. The lowest BCUT2D eigenvalue weighted by atomic mass is 10.1. The van der Waals surface area contributed by atoms with E-state index >= 15 is 0 Å². The minimum atomic E-state index is 0.115. The molecule has 1 heterocycles. The van der Waals surface area contributed by atoms with Crippen molar-refractivity contribution in [1.82, 2.24) is 9.55 Å². The highest BCUT2D eigenvalue weighted by atomic mass is 16.5. The van der Waals surface area contributed by atoms with Crippen molar-refractivity contribution in [2.75, 3.05) is 0 Å². The van der Waals surface area contributed by atoms with Crippen molar-refractivity contribution in [3.05, 3.63) is 78.4 Å². The molecule has 0 saturated heterocycles. The maximum atomic E-state index is 12.2. The van der Waals surface area contributed by atoms with Crippen molar-refractivity contribution >= 4 is 5.78 Å². The molecule has 0 unspecified atom stereocenters. The van der Waals surface area contributed by atoms with Crippen LogP contribution in [0, 0.1) is 6.92 Å². The standard InChI is InChI=1S/C19H18N2O2/c1-15-20-12-14-21(15)13-11-19(22)16-7-9-18(10-8-16)23-17-5-3-2-4-6-17/h2-10,12,14H,11,13H2,1H3. The summed E-state index contributed by atoms with van der Waals surface area (Å²) in [5, 5.41) is 0. The largest absolute Gasteiger partial charge is 0.457 e. The van der Waals surface area contributed by atoms with Crippen LogP contribution in [0.2, 0.25) is 0 Å². The number of nitrogens with zero attached hydrogens (tertiary/aromatic N) is 2. The summed E-state index contributed by atoms with van der Waals surface area (Å²) in [6.45, 7) is 2.58. The Morgan fingerprint density at radius 3 is 2.39 bits per heavy atom. The molecule has 0 spiro atoms. The van der Waals surface area contributed by atoms with Gasteiger partial charge in [0.25, 0.3) is 0 Å². The SMILES string of the molecule is Cc1nccn1CCC(=O)c1ccc(Oc2ccccc2)cc1. The van der Waals surface area contributed by atoms with Crippen LogP contribution in [0.1, 0.15) is 22.6 Å². The van der Waals surface area contributed by atoms with E-state index in [1.165, 1.54) is 0 Å². The fourth-order valence-corrected chi connectivity index (χ4v) is 2.34. The van der Waals surface area contributed by atoms with Gasteiger partial charge in [0.2, 0.25) is 0 Å². The Morgan fingerprint density at radius 2 is 1.74 bits per heavy atom. The molecule has 1 aromatic heterocycles. The molecule has 0 aliphatic carbocycles. The molecule has 3 rings (SSSR count). The Kier molecular flexibility index (Phi) is 4.52. The van der Waals surface area contributed by atoms with E-state index in [2.05, 4.69) is 4.98 Å². The molecule has 3 aromatic rings. The van der Waals surface area contributed by atoms with Gasteiger partial charge in [0, 0.05) is 30.9 Å². The molecule has 23 heavy (non-hydrogen) atoms. The quantitative estimate of drug-likeness (QED) is 0.639. The highest BCUT2D eigenvalue weighted by Crippen LogP contribution is 2.21. The highest BCUT2D eigenvalue weighted by molar-refractivity contribution is 5.96. The summed E-state index contributed by atoms with van der Waals surface area (Å²) in [6, 6.07) is 16.8. The first-order valence-corrected chi connectivity index (χ1v) is 7.56. The number of hydrogen-bond donors (Lipinski definition) is 0. The first kappa shape index (κ1) is 15.0. The van der Waals surface area contributed by atoms with Gasteiger partial charge < -0.3 is 9.30 Å². The van der Waals surface area contributed by atoms with E-state index in [-0.39, 0.29) is 5.78 Å². The molecule has 0 aliphatic rings. The van der Waals surface area contributed by atoms with Crippen LogP contribution in [0.4, 0.5) is 0 Å². The van der Waals surface area contributed by atoms with E-state index in [1.807, 2.05) is 60.2 Å². The molecule has 0 bridgehead atoms. The Bertz CT molecular complexity index is 777. The van der Waals surface area contributed by atoms with E-state index in [0.29, 0.717) is 18.5 Å². The lowest BCUT2D eigenvalue weighted by molar-refractivity contribution is 0.0977. The second-order valence-electron chi connectivity index (χ2n) is 5.28. The van der Waals surface area contributed by atoms with Crippen LogP contribution in [0.3, 0.4) is 0 Å². The molecule has 0 aliphatic heterocycles. The Morgan fingerprint density at radius 1 is 1.04 bits per heavy atom. The third-order valence-corrected chi connectivity index (χ3v) is 3.66. The predicted molar refractivity (Wildman–Crippen MR) is 88.9 cm³/mol. The maximum absolute atomic E-state index is 12.2. The van der Waals surface area contributed by atoms with E-state index < -0.39 is 0 Å². The molecule has 0 saturated carbocycles. The fourth-order valence-electron chi connectivity index (χ4n) is 2.34. The Balaban J connectivity index is 1.60. The first-order valence-electron chi connectivity index (χ1n) is 7.56. The topological polar surface area (TPSA) is 44.1 Å². The van der Waals surface area contributed by atoms with Crippen LogP contribution in [-0.2, 0) is 6.54 Å². The van der Waals surface area contributed by atoms with Crippen molar-refractivity contribution in [3.63, 3.8) is 0 Å². The smallest absolute Gasteiger partial charge is 0.164 e. The normalized spacial score (nSPS) is 10.5. The number of ether oxygens (including phenoxy) is 1. The first-order chi connectivity index (χ1) is 11.2. The van der Waals surface area contributed by atoms with E-state index in [4.69, 9.17) is 4.74 Å². The van der Waals surface area contributed by atoms with Gasteiger partial charge >= 0.3 is 0 Å². The summed E-state index contributed by atoms with van der Waals surface area (Å²) in [5.74, 6) is 2.54. The van der Waals surface area contributed by atoms with Crippen molar-refractivity contribution in [1.29, 1.82) is 0 Å². The number of imidazole rings is 1. The van der Waals surface area contributed by atoms with Crippen LogP contribution < -0.4 is 4.74 Å². The lowest BCUT2D eigenvalue weighted by Crippen LogP contribution is -2.06. The van der Waals surface area contributed by atoms with Crippen LogP contribution in [-0.4, -0.2) is 15.3 Å². The molecule has 0 amide bonds. The van der Waals surface area contributed by atoms with Crippen molar-refractivity contribution in [3.8, 4) is 11.5 Å². The number of rotatable bonds is 6. The molecular formula is C19H18N2O2. The van der Waals surface area contributed by atoms with Crippen LogP contribution in [0.5, 0.6) is 11.5 Å². The van der Waals surface area contributed by atoms with Gasteiger partial charge in [0.15, 0.2) is 5.78 Å². The number of aryl methyl sites for hydroxylation is 2. The number of Topliss-reactive ketones (excluding diaryl/α,β-unsaturated/α-hetero) is 1. The van der Waals surface area contributed by atoms with E-state index in [9.17, 15) is 4.79 Å². The number of carbonyl (C=O) groups is 1. The molecule has 4 heteroatoms. The third kappa shape index (κ3) is 3.86. The zero-order chi connectivity index (χ0) is 16.1. The zero-order valence-corrected chi connectivity index (χ0v) is 13.0. The summed E-state index contributed by atoms with van der Waals surface area (Å²) in [7, 11) is 0. The molecule has 0 N–H and O–H groups in total. The predicted octanol–water partition coefficient (Wildman–Crippen LogP) is 4.26. The Labute approximate surface area is 135 Å². The number of carbonyl (C=O) groups excluding carboxylic acids is 1. The highest BCUT2D eigenvalue weighted by Gasteiger charge is 2.07. The second-order valence-corrected chi connectivity index (χ2v) is 5.28. The number of hydrogen-bond acceptors (Lipinski definition) is 3. The van der Waals surface area contributed by atoms with Gasteiger partial charge in [-0.1, -0.05) is 18.2 Å². The van der Waals surface area contributed by atoms with Gasteiger partial charge in [-0.15, -0.1) is 0 Å². The van der Waals surface area contributed by atoms with Gasteiger partial charge in [-0.05, 0) is 43.3 Å². The van der Waals surface area contributed by atoms with Crippen molar-refractivity contribution in [2.45, 2.75) is 19.9 Å². The lowest BCUT2D eigenvalue weighted by Gasteiger charge is -2.07. The molecule has 0 radical (unpaired) electrons. The Hall–Kier alpha value is -2.88. The van der Waals surface area contributed by atoms with Gasteiger partial charge in [-0.2, -0.15) is 0 Å². The van der Waals surface area contributed by atoms with Gasteiger partial charge in [-0.3, -0.25) is 4.79 Å². The minimum Gasteiger partial charge on any atom is -0.457 e. The van der Waals surface area contributed by atoms with Gasteiger partial charge in [0.05, 0.1) is 0 Å². The molecule has 4 nitrogen and oxygen atoms in total. The third-order valence-electron chi connectivity index (χ3n) is 3.66. The van der Waals surface area contributed by atoms with Crippen molar-refractivity contribution in [2.24, 2.45) is 0 Å². The fraction of sp³-hybridized carbons (Fsp3) is 0.158.